The molecule has 1 aromatic rings. The number of fused-ring (bicyclic) bond motifs is 1. The number of quaternary nitrogens is 1. The molecular formula is C20H30NO2+. The van der Waals surface area contributed by atoms with E-state index >= 15 is 0 Å². The molecule has 0 spiro atoms. The Kier molecular flexibility index (Phi) is 5.71. The van der Waals surface area contributed by atoms with Crippen LogP contribution in [-0.2, 0) is 9.53 Å². The molecule has 1 unspecified atom stereocenters. The Balaban J connectivity index is 1.46. The van der Waals surface area contributed by atoms with Crippen LogP contribution in [0, 0.1) is 5.92 Å². The van der Waals surface area contributed by atoms with E-state index in [9.17, 15) is 4.79 Å². The van der Waals surface area contributed by atoms with Gasteiger partial charge in [-0.15, -0.1) is 0 Å². The molecule has 2 saturated heterocycles. The number of hydrogen-bond donors (Lipinski definition) is 1. The molecule has 4 atom stereocenters. The lowest BCUT2D eigenvalue weighted by atomic mass is 9.84. The zero-order valence-electron chi connectivity index (χ0n) is 14.3. The van der Waals surface area contributed by atoms with Gasteiger partial charge in [0.2, 0.25) is 0 Å². The molecule has 126 valence electrons. The molecular weight excluding hydrogens is 286 g/mol. The summed E-state index contributed by atoms with van der Waals surface area (Å²) >= 11 is 0. The number of carbonyl (C=O) groups is 1. The fourth-order valence-electron chi connectivity index (χ4n) is 4.39. The Morgan fingerprint density at radius 1 is 1.17 bits per heavy atom. The summed E-state index contributed by atoms with van der Waals surface area (Å²) in [5.74, 6) is 0.770. The molecule has 1 aromatic carbocycles. The van der Waals surface area contributed by atoms with Crippen LogP contribution in [0.25, 0.3) is 0 Å². The van der Waals surface area contributed by atoms with E-state index in [1.54, 1.807) is 4.90 Å². The van der Waals surface area contributed by atoms with Crippen molar-refractivity contribution < 1.29 is 14.4 Å². The summed E-state index contributed by atoms with van der Waals surface area (Å²) in [5.41, 5.74) is 1.21. The minimum Gasteiger partial charge on any atom is -0.465 e. The highest BCUT2D eigenvalue weighted by Gasteiger charge is 2.37. The van der Waals surface area contributed by atoms with Gasteiger partial charge in [-0.3, -0.25) is 4.79 Å². The zero-order valence-corrected chi connectivity index (χ0v) is 14.3. The summed E-state index contributed by atoms with van der Waals surface area (Å²) in [6.07, 6.45) is 7.04. The summed E-state index contributed by atoms with van der Waals surface area (Å²) < 4.78 is 5.67. The third kappa shape index (κ3) is 4.35. The van der Waals surface area contributed by atoms with Crippen LogP contribution in [-0.4, -0.2) is 31.7 Å². The van der Waals surface area contributed by atoms with Crippen LogP contribution in [0.15, 0.2) is 30.3 Å². The van der Waals surface area contributed by atoms with Crippen molar-refractivity contribution in [2.45, 2.75) is 57.4 Å². The Morgan fingerprint density at radius 2 is 1.96 bits per heavy atom. The number of piperidine rings is 2. The quantitative estimate of drug-likeness (QED) is 0.847. The van der Waals surface area contributed by atoms with E-state index in [0.717, 1.165) is 6.04 Å². The molecule has 0 aromatic heterocycles. The molecule has 2 aliphatic rings. The van der Waals surface area contributed by atoms with Crippen LogP contribution >= 0.6 is 0 Å². The maximum absolute atomic E-state index is 12.2. The van der Waals surface area contributed by atoms with Crippen molar-refractivity contribution in [2.75, 3.05) is 19.7 Å². The maximum atomic E-state index is 12.2. The van der Waals surface area contributed by atoms with Crippen LogP contribution < -0.4 is 4.90 Å². The summed E-state index contributed by atoms with van der Waals surface area (Å²) in [7, 11) is 0. The highest BCUT2D eigenvalue weighted by molar-refractivity contribution is 5.70. The predicted octanol–water partition coefficient (Wildman–Crippen LogP) is 2.57. The molecule has 2 aliphatic heterocycles. The van der Waals surface area contributed by atoms with Crippen molar-refractivity contribution in [3.63, 3.8) is 0 Å². The lowest BCUT2D eigenvalue weighted by Gasteiger charge is -2.41. The number of benzene rings is 1. The summed E-state index contributed by atoms with van der Waals surface area (Å²) in [5, 5.41) is 0. The SMILES string of the molecule is C[C@@H](CC(=O)OC[C@@H]1CCC[NH+]2CCCC[C@H]12)c1ccccc1. The fraction of sp³-hybridized carbons (Fsp3) is 0.650. The first-order valence-corrected chi connectivity index (χ1v) is 9.29. The smallest absolute Gasteiger partial charge is 0.306 e. The average Bonchev–Trinajstić information content (AvgIpc) is 2.60. The van der Waals surface area contributed by atoms with Crippen molar-refractivity contribution in [3.8, 4) is 0 Å². The monoisotopic (exact) mass is 316 g/mol. The van der Waals surface area contributed by atoms with Crippen LogP contribution in [0.1, 0.15) is 56.9 Å². The van der Waals surface area contributed by atoms with Gasteiger partial charge in [0.25, 0.3) is 0 Å². The second kappa shape index (κ2) is 7.96. The molecule has 0 radical (unpaired) electrons. The van der Waals surface area contributed by atoms with Crippen molar-refractivity contribution in [2.24, 2.45) is 5.92 Å². The molecule has 2 fully saturated rings. The van der Waals surface area contributed by atoms with E-state index in [1.165, 1.54) is 50.8 Å². The molecule has 23 heavy (non-hydrogen) atoms. The first kappa shape index (κ1) is 16.5. The maximum Gasteiger partial charge on any atom is 0.306 e. The Labute approximate surface area is 140 Å². The van der Waals surface area contributed by atoms with E-state index in [0.29, 0.717) is 18.9 Å². The topological polar surface area (TPSA) is 30.7 Å². The van der Waals surface area contributed by atoms with Gasteiger partial charge < -0.3 is 9.64 Å². The van der Waals surface area contributed by atoms with Crippen molar-refractivity contribution in [1.29, 1.82) is 0 Å². The molecule has 3 heteroatoms. The lowest BCUT2D eigenvalue weighted by molar-refractivity contribution is -0.940. The largest absolute Gasteiger partial charge is 0.465 e. The van der Waals surface area contributed by atoms with E-state index in [-0.39, 0.29) is 11.9 Å². The zero-order chi connectivity index (χ0) is 16.1. The van der Waals surface area contributed by atoms with Gasteiger partial charge >= 0.3 is 5.97 Å². The van der Waals surface area contributed by atoms with Crippen LogP contribution in [0.5, 0.6) is 0 Å². The number of carbonyl (C=O) groups excluding carboxylic acids is 1. The predicted molar refractivity (Wildman–Crippen MR) is 91.5 cm³/mol. The molecule has 1 N–H and O–H groups in total. The summed E-state index contributed by atoms with van der Waals surface area (Å²) in [4.78, 5) is 14.0. The lowest BCUT2D eigenvalue weighted by Crippen LogP contribution is -3.18. The van der Waals surface area contributed by atoms with Crippen molar-refractivity contribution in [3.05, 3.63) is 35.9 Å². The van der Waals surface area contributed by atoms with E-state index in [2.05, 4.69) is 19.1 Å². The molecule has 0 saturated carbocycles. The van der Waals surface area contributed by atoms with Crippen molar-refractivity contribution in [1.82, 2.24) is 0 Å². The second-order valence-electron chi connectivity index (χ2n) is 7.36. The molecule has 3 rings (SSSR count). The highest BCUT2D eigenvalue weighted by atomic mass is 16.5. The van der Waals surface area contributed by atoms with E-state index in [4.69, 9.17) is 4.74 Å². The number of hydrogen-bond acceptors (Lipinski definition) is 2. The Morgan fingerprint density at radius 3 is 2.78 bits per heavy atom. The van der Waals surface area contributed by atoms with Crippen LogP contribution in [0.4, 0.5) is 0 Å². The molecule has 3 nitrogen and oxygen atoms in total. The molecule has 0 amide bonds. The minimum atomic E-state index is -0.0377. The Hall–Kier alpha value is -1.35. The van der Waals surface area contributed by atoms with Gasteiger partial charge in [-0.25, -0.2) is 0 Å². The number of rotatable bonds is 5. The third-order valence-corrected chi connectivity index (χ3v) is 5.73. The van der Waals surface area contributed by atoms with E-state index < -0.39 is 0 Å². The third-order valence-electron chi connectivity index (χ3n) is 5.73. The minimum absolute atomic E-state index is 0.0377. The first-order valence-electron chi connectivity index (χ1n) is 9.29. The average molecular weight is 316 g/mol. The number of esters is 1. The van der Waals surface area contributed by atoms with Gasteiger partial charge in [-0.2, -0.15) is 0 Å². The van der Waals surface area contributed by atoms with Gasteiger partial charge in [0.15, 0.2) is 0 Å². The van der Waals surface area contributed by atoms with Crippen molar-refractivity contribution >= 4 is 5.97 Å². The van der Waals surface area contributed by atoms with Gasteiger partial charge in [-0.1, -0.05) is 37.3 Å². The highest BCUT2D eigenvalue weighted by Crippen LogP contribution is 2.22. The van der Waals surface area contributed by atoms with Gasteiger partial charge in [0, 0.05) is 5.92 Å². The molecule has 2 heterocycles. The standard InChI is InChI=1S/C20H29NO2/c1-16(17-8-3-2-4-9-17)14-20(22)23-15-18-10-7-13-21-12-6-5-11-19(18)21/h2-4,8-9,16,18-19H,5-7,10-15H2,1H3/p+1/t16-,18-,19+/m0/s1. The normalized spacial score (nSPS) is 28.7. The second-order valence-corrected chi connectivity index (χ2v) is 7.36. The molecule has 0 aliphatic carbocycles. The van der Waals surface area contributed by atoms with Crippen LogP contribution in [0.2, 0.25) is 0 Å². The van der Waals surface area contributed by atoms with Crippen LogP contribution in [0.3, 0.4) is 0 Å². The first-order chi connectivity index (χ1) is 11.2. The molecule has 0 bridgehead atoms. The summed E-state index contributed by atoms with van der Waals surface area (Å²) in [6, 6.07) is 11.0. The van der Waals surface area contributed by atoms with E-state index in [1.807, 2.05) is 18.2 Å². The Bertz CT molecular complexity index is 500. The fourth-order valence-corrected chi connectivity index (χ4v) is 4.39. The van der Waals surface area contributed by atoms with Gasteiger partial charge in [-0.05, 0) is 43.6 Å². The summed E-state index contributed by atoms with van der Waals surface area (Å²) in [6.45, 7) is 5.37. The number of ether oxygens (including phenoxy) is 1. The van der Waals surface area contributed by atoms with Gasteiger partial charge in [0.1, 0.15) is 0 Å². The number of nitrogens with one attached hydrogen (secondary N) is 1. The van der Waals surface area contributed by atoms with Gasteiger partial charge in [0.05, 0.1) is 32.2 Å².